The molecule has 0 aliphatic rings. The summed E-state index contributed by atoms with van der Waals surface area (Å²) in [6.45, 7) is 0.678. The van der Waals surface area contributed by atoms with Crippen LogP contribution in [0.1, 0.15) is 0 Å². The number of hydrogen-bond donors (Lipinski definition) is 2. The minimum atomic E-state index is -0.597. The van der Waals surface area contributed by atoms with E-state index in [1.807, 2.05) is 54.6 Å². The van der Waals surface area contributed by atoms with E-state index in [0.29, 0.717) is 6.54 Å². The van der Waals surface area contributed by atoms with E-state index in [4.69, 9.17) is 4.74 Å². The first kappa shape index (κ1) is 16.4. The molecule has 0 fully saturated rings. The van der Waals surface area contributed by atoms with E-state index in [9.17, 15) is 5.11 Å². The van der Waals surface area contributed by atoms with E-state index in [0.717, 1.165) is 22.2 Å². The summed E-state index contributed by atoms with van der Waals surface area (Å²) in [7, 11) is 0. The lowest BCUT2D eigenvalue weighted by molar-refractivity contribution is 0.117. The van der Waals surface area contributed by atoms with Gasteiger partial charge in [-0.25, -0.2) is 0 Å². The Balaban J connectivity index is 1.36. The summed E-state index contributed by atoms with van der Waals surface area (Å²) in [5, 5.41) is 18.2. The molecule has 0 bridgehead atoms. The van der Waals surface area contributed by atoms with Crippen LogP contribution in [0.4, 0.5) is 5.69 Å². The third-order valence-corrected chi connectivity index (χ3v) is 4.48. The van der Waals surface area contributed by atoms with E-state index in [1.54, 1.807) is 0 Å². The van der Waals surface area contributed by atoms with Crippen LogP contribution in [0.25, 0.3) is 21.5 Å². The molecule has 1 atom stereocenters. The summed E-state index contributed by atoms with van der Waals surface area (Å²) >= 11 is 0. The van der Waals surface area contributed by atoms with Gasteiger partial charge in [-0.3, -0.25) is 0 Å². The molecular weight excluding hydrogens is 322 g/mol. The fraction of sp³-hybridized carbons (Fsp3) is 0.130. The Morgan fingerprint density at radius 1 is 0.769 bits per heavy atom. The monoisotopic (exact) mass is 343 g/mol. The van der Waals surface area contributed by atoms with Crippen LogP contribution in [0.15, 0.2) is 84.9 Å². The molecule has 2 N–H and O–H groups in total. The van der Waals surface area contributed by atoms with Crippen molar-refractivity contribution in [3.05, 3.63) is 84.9 Å². The molecule has 4 aromatic rings. The van der Waals surface area contributed by atoms with Gasteiger partial charge in [0.25, 0.3) is 0 Å². The van der Waals surface area contributed by atoms with E-state index in [1.165, 1.54) is 10.8 Å². The molecule has 0 amide bonds. The smallest absolute Gasteiger partial charge is 0.120 e. The number of aliphatic hydroxyl groups excluding tert-OH is 1. The lowest BCUT2D eigenvalue weighted by atomic mass is 10.1. The summed E-state index contributed by atoms with van der Waals surface area (Å²) in [5.74, 6) is 0.771. The lowest BCUT2D eigenvalue weighted by Gasteiger charge is -2.15. The number of aliphatic hydroxyl groups is 1. The summed E-state index contributed by atoms with van der Waals surface area (Å²) < 4.78 is 5.76. The zero-order valence-corrected chi connectivity index (χ0v) is 14.4. The first-order valence-corrected chi connectivity index (χ1v) is 8.81. The minimum absolute atomic E-state index is 0.246. The number of hydrogen-bond acceptors (Lipinski definition) is 3. The van der Waals surface area contributed by atoms with Crippen molar-refractivity contribution in [1.29, 1.82) is 0 Å². The molecule has 4 aromatic carbocycles. The number of fused-ring (bicyclic) bond motifs is 2. The van der Waals surface area contributed by atoms with Crippen LogP contribution in [0, 0.1) is 0 Å². The van der Waals surface area contributed by atoms with Gasteiger partial charge in [0.1, 0.15) is 18.5 Å². The molecule has 0 saturated carbocycles. The predicted octanol–water partition coefficient (Wildman–Crippen LogP) is 4.84. The Bertz CT molecular complexity index is 1020. The van der Waals surface area contributed by atoms with Gasteiger partial charge >= 0.3 is 0 Å². The third kappa shape index (κ3) is 3.63. The Labute approximate surface area is 152 Å². The van der Waals surface area contributed by atoms with Crippen LogP contribution in [0.3, 0.4) is 0 Å². The first-order chi connectivity index (χ1) is 12.8. The second kappa shape index (κ2) is 7.46. The highest BCUT2D eigenvalue weighted by molar-refractivity contribution is 5.93. The Morgan fingerprint density at radius 2 is 1.50 bits per heavy atom. The van der Waals surface area contributed by atoms with Crippen molar-refractivity contribution in [3.63, 3.8) is 0 Å². The Kier molecular flexibility index (Phi) is 4.71. The number of anilines is 1. The predicted molar refractivity (Wildman–Crippen MR) is 108 cm³/mol. The average molecular weight is 343 g/mol. The molecular formula is C23H21NO2. The molecule has 3 heteroatoms. The summed E-state index contributed by atoms with van der Waals surface area (Å²) in [6, 6.07) is 28.5. The van der Waals surface area contributed by atoms with Crippen LogP contribution >= 0.6 is 0 Å². The van der Waals surface area contributed by atoms with Gasteiger partial charge in [0.2, 0.25) is 0 Å². The third-order valence-electron chi connectivity index (χ3n) is 4.48. The first-order valence-electron chi connectivity index (χ1n) is 8.81. The normalized spacial score (nSPS) is 12.2. The molecule has 0 heterocycles. The van der Waals surface area contributed by atoms with E-state index in [2.05, 4.69) is 35.6 Å². The second-order valence-electron chi connectivity index (χ2n) is 6.38. The van der Waals surface area contributed by atoms with Crippen LogP contribution in [-0.2, 0) is 0 Å². The van der Waals surface area contributed by atoms with Crippen molar-refractivity contribution in [2.45, 2.75) is 6.10 Å². The lowest BCUT2D eigenvalue weighted by Crippen LogP contribution is -2.26. The quantitative estimate of drug-likeness (QED) is 0.526. The maximum Gasteiger partial charge on any atom is 0.120 e. The highest BCUT2D eigenvalue weighted by atomic mass is 16.5. The molecule has 4 rings (SSSR count). The molecule has 1 unspecified atom stereocenters. The average Bonchev–Trinajstić information content (AvgIpc) is 2.70. The number of ether oxygens (including phenoxy) is 1. The standard InChI is InChI=1S/C23H21NO2/c25-20(15-24-23-11-5-9-18-7-3-4-10-22(18)23)16-26-21-13-12-17-6-1-2-8-19(17)14-21/h1-14,20,24-25H,15-16H2. The van der Waals surface area contributed by atoms with Gasteiger partial charge in [-0.15, -0.1) is 0 Å². The Hall–Kier alpha value is -3.04. The Morgan fingerprint density at radius 3 is 2.38 bits per heavy atom. The van der Waals surface area contributed by atoms with Crippen LogP contribution in [-0.4, -0.2) is 24.4 Å². The van der Waals surface area contributed by atoms with Crippen molar-refractivity contribution in [3.8, 4) is 5.75 Å². The molecule has 0 aromatic heterocycles. The molecule has 130 valence electrons. The minimum Gasteiger partial charge on any atom is -0.491 e. The van der Waals surface area contributed by atoms with Crippen molar-refractivity contribution in [2.24, 2.45) is 0 Å². The summed E-state index contributed by atoms with van der Waals surface area (Å²) in [6.07, 6.45) is -0.597. The fourth-order valence-electron chi connectivity index (χ4n) is 3.12. The van der Waals surface area contributed by atoms with Gasteiger partial charge in [-0.1, -0.05) is 66.7 Å². The van der Waals surface area contributed by atoms with Gasteiger partial charge in [0.05, 0.1) is 0 Å². The fourth-order valence-corrected chi connectivity index (χ4v) is 3.12. The molecule has 0 spiro atoms. The van der Waals surface area contributed by atoms with Gasteiger partial charge in [0.15, 0.2) is 0 Å². The van der Waals surface area contributed by atoms with Gasteiger partial charge in [0, 0.05) is 17.6 Å². The second-order valence-corrected chi connectivity index (χ2v) is 6.38. The highest BCUT2D eigenvalue weighted by Crippen LogP contribution is 2.23. The van der Waals surface area contributed by atoms with E-state index >= 15 is 0 Å². The van der Waals surface area contributed by atoms with Crippen LogP contribution in [0.2, 0.25) is 0 Å². The van der Waals surface area contributed by atoms with Crippen molar-refractivity contribution >= 4 is 27.2 Å². The maximum atomic E-state index is 10.3. The summed E-state index contributed by atoms with van der Waals surface area (Å²) in [5.41, 5.74) is 1.02. The van der Waals surface area contributed by atoms with Crippen molar-refractivity contribution in [2.75, 3.05) is 18.5 Å². The largest absolute Gasteiger partial charge is 0.491 e. The van der Waals surface area contributed by atoms with Crippen molar-refractivity contribution < 1.29 is 9.84 Å². The molecule has 0 aliphatic heterocycles. The van der Waals surface area contributed by atoms with Gasteiger partial charge in [-0.05, 0) is 34.4 Å². The van der Waals surface area contributed by atoms with Crippen LogP contribution in [0.5, 0.6) is 5.75 Å². The zero-order chi connectivity index (χ0) is 17.8. The molecule has 0 radical (unpaired) electrons. The van der Waals surface area contributed by atoms with Crippen molar-refractivity contribution in [1.82, 2.24) is 0 Å². The summed E-state index contributed by atoms with van der Waals surface area (Å²) in [4.78, 5) is 0. The van der Waals surface area contributed by atoms with Crippen LogP contribution < -0.4 is 10.1 Å². The topological polar surface area (TPSA) is 41.5 Å². The molecule has 26 heavy (non-hydrogen) atoms. The molecule has 3 nitrogen and oxygen atoms in total. The molecule has 0 aliphatic carbocycles. The SMILES string of the molecule is OC(CNc1cccc2ccccc12)COc1ccc2ccccc2c1. The van der Waals surface area contributed by atoms with E-state index in [-0.39, 0.29) is 6.61 Å². The molecule has 0 saturated heterocycles. The van der Waals surface area contributed by atoms with Gasteiger partial charge < -0.3 is 15.2 Å². The number of nitrogens with one attached hydrogen (secondary N) is 1. The number of benzene rings is 4. The van der Waals surface area contributed by atoms with E-state index < -0.39 is 6.10 Å². The highest BCUT2D eigenvalue weighted by Gasteiger charge is 2.07. The van der Waals surface area contributed by atoms with Gasteiger partial charge in [-0.2, -0.15) is 0 Å². The maximum absolute atomic E-state index is 10.3. The number of rotatable bonds is 6. The zero-order valence-electron chi connectivity index (χ0n) is 14.4.